The van der Waals surface area contributed by atoms with E-state index in [9.17, 15) is 4.79 Å². The first kappa shape index (κ1) is 20.1. The molecule has 3 aromatic rings. The smallest absolute Gasteiger partial charge is 0.251 e. The molecule has 0 fully saturated rings. The summed E-state index contributed by atoms with van der Waals surface area (Å²) < 4.78 is 9.85. The summed E-state index contributed by atoms with van der Waals surface area (Å²) in [6, 6.07) is 16.2. The third-order valence-electron chi connectivity index (χ3n) is 3.27. The predicted octanol–water partition coefficient (Wildman–Crippen LogP) is 1.52. The van der Waals surface area contributed by atoms with Gasteiger partial charge in [-0.25, -0.2) is 0 Å². The van der Waals surface area contributed by atoms with Gasteiger partial charge in [0, 0.05) is 17.7 Å². The molecular weight excluding hydrogens is 350 g/mol. The van der Waals surface area contributed by atoms with Crippen LogP contribution < -0.4 is 10.1 Å². The van der Waals surface area contributed by atoms with Crippen LogP contribution in [0.4, 0.5) is 0 Å². The van der Waals surface area contributed by atoms with Gasteiger partial charge in [0.05, 0.1) is 13.2 Å². The quantitative estimate of drug-likeness (QED) is 0.576. The molecule has 1 amide bonds. The van der Waals surface area contributed by atoms with Crippen molar-refractivity contribution in [1.82, 2.24) is 15.5 Å². The highest BCUT2D eigenvalue weighted by atomic mass is 16.5. The van der Waals surface area contributed by atoms with Crippen LogP contribution in [0.1, 0.15) is 10.4 Å². The van der Waals surface area contributed by atoms with Crippen molar-refractivity contribution in [3.63, 3.8) is 0 Å². The Morgan fingerprint density at radius 2 is 1.78 bits per heavy atom. The molecule has 0 spiro atoms. The van der Waals surface area contributed by atoms with Gasteiger partial charge < -0.3 is 24.8 Å². The van der Waals surface area contributed by atoms with Crippen LogP contribution >= 0.6 is 0 Å². The zero-order chi connectivity index (χ0) is 19.3. The molecule has 27 heavy (non-hydrogen) atoms. The molecule has 0 aliphatic heterocycles. The number of rotatable bonds is 7. The number of carbonyl (C=O) groups excluding carboxylic acids is 1. The first-order chi connectivity index (χ1) is 13.2. The number of hydrogen-bond donors (Lipinski definition) is 3. The van der Waals surface area contributed by atoms with Gasteiger partial charge in [-0.3, -0.25) is 4.79 Å². The minimum Gasteiger partial charge on any atom is -0.491 e. The first-order valence-electron chi connectivity index (χ1n) is 8.29. The summed E-state index contributed by atoms with van der Waals surface area (Å²) in [4.78, 5) is 15.1. The minimum absolute atomic E-state index is 0.00654. The van der Waals surface area contributed by atoms with Crippen molar-refractivity contribution in [1.29, 1.82) is 0 Å². The van der Waals surface area contributed by atoms with Crippen LogP contribution in [0.25, 0.3) is 11.4 Å². The largest absolute Gasteiger partial charge is 0.491 e. The van der Waals surface area contributed by atoms with Gasteiger partial charge in [0.2, 0.25) is 12.2 Å². The van der Waals surface area contributed by atoms with E-state index in [1.807, 2.05) is 18.2 Å². The van der Waals surface area contributed by atoms with E-state index in [-0.39, 0.29) is 19.1 Å². The average Bonchev–Trinajstić information content (AvgIpc) is 3.27. The molecule has 3 rings (SSSR count). The van der Waals surface area contributed by atoms with Crippen LogP contribution in [-0.2, 0) is 0 Å². The van der Waals surface area contributed by atoms with E-state index in [1.165, 1.54) is 6.39 Å². The van der Waals surface area contributed by atoms with Crippen molar-refractivity contribution in [2.24, 2.45) is 0 Å². The molecule has 2 aromatic carbocycles. The zero-order valence-corrected chi connectivity index (χ0v) is 14.6. The van der Waals surface area contributed by atoms with Gasteiger partial charge in [-0.1, -0.05) is 23.4 Å². The Balaban J connectivity index is 0.000000199. The molecule has 0 bridgehead atoms. The average molecular weight is 371 g/mol. The van der Waals surface area contributed by atoms with Gasteiger partial charge in [0.15, 0.2) is 0 Å². The van der Waals surface area contributed by atoms with Crippen LogP contribution in [-0.4, -0.2) is 52.6 Å². The van der Waals surface area contributed by atoms with Crippen molar-refractivity contribution in [3.8, 4) is 17.1 Å². The van der Waals surface area contributed by atoms with Gasteiger partial charge in [-0.2, -0.15) is 4.98 Å². The summed E-state index contributed by atoms with van der Waals surface area (Å²) in [5.41, 5.74) is 1.48. The number of benzene rings is 2. The third-order valence-corrected chi connectivity index (χ3v) is 3.27. The molecule has 0 radical (unpaired) electrons. The summed E-state index contributed by atoms with van der Waals surface area (Å²) in [6.45, 7) is 0.570. The van der Waals surface area contributed by atoms with E-state index < -0.39 is 0 Å². The number of nitrogens with zero attached hydrogens (tertiary/aromatic N) is 2. The zero-order valence-electron chi connectivity index (χ0n) is 14.6. The fraction of sp³-hybridized carbons (Fsp3) is 0.211. The molecule has 3 N–H and O–H groups in total. The van der Waals surface area contributed by atoms with E-state index in [1.54, 1.807) is 36.4 Å². The first-order valence-corrected chi connectivity index (χ1v) is 8.29. The molecule has 0 unspecified atom stereocenters. The lowest BCUT2D eigenvalue weighted by Crippen LogP contribution is -2.26. The standard InChI is InChI=1S/C10H10N2O3.C9H11NO2/c13-5-6-14-9-3-1-8(2-4-9)10-11-7-15-12-10;11-7-6-10-9(12)8-4-2-1-3-5-8/h1-4,7,13H,5-6H2;1-5,11H,6-7H2,(H,10,12). The Morgan fingerprint density at radius 1 is 1.04 bits per heavy atom. The highest BCUT2D eigenvalue weighted by molar-refractivity contribution is 5.94. The fourth-order valence-electron chi connectivity index (χ4n) is 2.02. The molecule has 8 heteroatoms. The molecule has 8 nitrogen and oxygen atoms in total. The van der Waals surface area contributed by atoms with E-state index >= 15 is 0 Å². The molecule has 0 saturated heterocycles. The Kier molecular flexibility index (Phi) is 8.48. The van der Waals surface area contributed by atoms with Crippen LogP contribution in [0.15, 0.2) is 65.5 Å². The summed E-state index contributed by atoms with van der Waals surface area (Å²) in [7, 11) is 0. The highest BCUT2D eigenvalue weighted by Gasteiger charge is 2.02. The molecule has 1 heterocycles. The monoisotopic (exact) mass is 371 g/mol. The fourth-order valence-corrected chi connectivity index (χ4v) is 2.02. The third kappa shape index (κ3) is 6.89. The van der Waals surface area contributed by atoms with Crippen LogP contribution in [0.2, 0.25) is 0 Å². The van der Waals surface area contributed by atoms with Crippen molar-refractivity contribution < 1.29 is 24.3 Å². The van der Waals surface area contributed by atoms with E-state index in [0.717, 1.165) is 5.56 Å². The Bertz CT molecular complexity index is 777. The van der Waals surface area contributed by atoms with Gasteiger partial charge in [0.1, 0.15) is 12.4 Å². The predicted molar refractivity (Wildman–Crippen MR) is 98.2 cm³/mol. The number of aliphatic hydroxyl groups is 2. The Labute approximate surface area is 156 Å². The SMILES string of the molecule is O=C(NCCO)c1ccccc1.OCCOc1ccc(-c2ncon2)cc1. The molecule has 0 aliphatic carbocycles. The second-order valence-electron chi connectivity index (χ2n) is 5.20. The lowest BCUT2D eigenvalue weighted by Gasteiger charge is -2.03. The minimum atomic E-state index is -0.148. The van der Waals surface area contributed by atoms with Gasteiger partial charge in [0.25, 0.3) is 5.91 Å². The van der Waals surface area contributed by atoms with Crippen molar-refractivity contribution in [3.05, 3.63) is 66.6 Å². The maximum atomic E-state index is 11.2. The topological polar surface area (TPSA) is 118 Å². The highest BCUT2D eigenvalue weighted by Crippen LogP contribution is 2.18. The van der Waals surface area contributed by atoms with Crippen LogP contribution in [0, 0.1) is 0 Å². The van der Waals surface area contributed by atoms with Gasteiger partial charge in [-0.15, -0.1) is 0 Å². The van der Waals surface area contributed by atoms with Gasteiger partial charge in [-0.05, 0) is 36.4 Å². The van der Waals surface area contributed by atoms with E-state index in [2.05, 4.69) is 20.0 Å². The Hall–Kier alpha value is -3.23. The number of amides is 1. The maximum Gasteiger partial charge on any atom is 0.251 e. The number of carbonyl (C=O) groups is 1. The molecular formula is C19H21N3O5. The Morgan fingerprint density at radius 3 is 2.37 bits per heavy atom. The van der Waals surface area contributed by atoms with Crippen molar-refractivity contribution >= 4 is 5.91 Å². The number of nitrogens with one attached hydrogen (secondary N) is 1. The molecule has 0 aliphatic rings. The summed E-state index contributed by atoms with van der Waals surface area (Å²) in [6.07, 6.45) is 1.28. The normalized spacial score (nSPS) is 9.85. The number of hydrogen-bond acceptors (Lipinski definition) is 7. The maximum absolute atomic E-state index is 11.2. The van der Waals surface area contributed by atoms with E-state index in [4.69, 9.17) is 14.9 Å². The van der Waals surface area contributed by atoms with Crippen LogP contribution in [0.5, 0.6) is 5.75 Å². The van der Waals surface area contributed by atoms with Crippen molar-refractivity contribution in [2.45, 2.75) is 0 Å². The summed E-state index contributed by atoms with van der Waals surface area (Å²) in [5, 5.41) is 23.3. The lowest BCUT2D eigenvalue weighted by atomic mass is 10.2. The lowest BCUT2D eigenvalue weighted by molar-refractivity contribution is 0.0945. The van der Waals surface area contributed by atoms with Crippen LogP contribution in [0.3, 0.4) is 0 Å². The number of ether oxygens (including phenoxy) is 1. The van der Waals surface area contributed by atoms with Crippen molar-refractivity contribution in [2.75, 3.05) is 26.4 Å². The number of aliphatic hydroxyl groups excluding tert-OH is 2. The van der Waals surface area contributed by atoms with Gasteiger partial charge >= 0.3 is 0 Å². The second kappa shape index (κ2) is 11.4. The number of aromatic nitrogens is 2. The second-order valence-corrected chi connectivity index (χ2v) is 5.20. The molecule has 0 atom stereocenters. The molecule has 1 aromatic heterocycles. The summed E-state index contributed by atoms with van der Waals surface area (Å²) >= 11 is 0. The molecule has 0 saturated carbocycles. The summed E-state index contributed by atoms with van der Waals surface area (Å²) in [5.74, 6) is 1.10. The van der Waals surface area contributed by atoms with E-state index in [0.29, 0.717) is 30.3 Å². The molecule has 142 valence electrons.